The fourth-order valence-electron chi connectivity index (χ4n) is 1.90. The molecule has 17 heavy (non-hydrogen) atoms. The summed E-state index contributed by atoms with van der Waals surface area (Å²) in [4.78, 5) is 0.283. The van der Waals surface area contributed by atoms with E-state index in [0.29, 0.717) is 24.1 Å². The first-order chi connectivity index (χ1) is 7.95. The number of hydrogen-bond acceptors (Lipinski definition) is 4. The minimum Gasteiger partial charge on any atom is -0.465 e. The van der Waals surface area contributed by atoms with Crippen molar-refractivity contribution in [2.75, 3.05) is 7.05 Å². The number of rotatable bonds is 5. The highest BCUT2D eigenvalue weighted by molar-refractivity contribution is 7.89. The van der Waals surface area contributed by atoms with Crippen LogP contribution in [-0.4, -0.2) is 21.5 Å². The van der Waals surface area contributed by atoms with Gasteiger partial charge in [-0.3, -0.25) is 0 Å². The second kappa shape index (κ2) is 4.44. The topological polar surface area (TPSA) is 71.3 Å². The van der Waals surface area contributed by atoms with Gasteiger partial charge < -0.3 is 9.73 Å². The summed E-state index contributed by atoms with van der Waals surface area (Å²) < 4.78 is 31.6. The molecule has 1 fully saturated rings. The Morgan fingerprint density at radius 3 is 2.47 bits per heavy atom. The molecule has 1 aromatic rings. The summed E-state index contributed by atoms with van der Waals surface area (Å²) in [5, 5.41) is 3.31. The molecule has 0 atom stereocenters. The average molecular weight is 258 g/mol. The molecule has 5 nitrogen and oxygen atoms in total. The maximum atomic E-state index is 11.9. The van der Waals surface area contributed by atoms with Gasteiger partial charge in [0, 0.05) is 18.2 Å². The zero-order valence-corrected chi connectivity index (χ0v) is 11.1. The fourth-order valence-corrected chi connectivity index (χ4v) is 3.07. The second-order valence-corrected chi connectivity index (χ2v) is 6.21. The predicted octanol–water partition coefficient (Wildman–Crippen LogP) is 1.06. The van der Waals surface area contributed by atoms with Crippen LogP contribution in [0.2, 0.25) is 0 Å². The zero-order chi connectivity index (χ0) is 12.6. The van der Waals surface area contributed by atoms with Gasteiger partial charge in [0.05, 0.1) is 0 Å². The van der Waals surface area contributed by atoms with Crippen LogP contribution in [0, 0.1) is 13.8 Å². The molecule has 0 aromatic carbocycles. The molecule has 0 aliphatic heterocycles. The molecule has 1 saturated carbocycles. The third-order valence-electron chi connectivity index (χ3n) is 3.01. The first-order valence-corrected chi connectivity index (χ1v) is 7.20. The number of sulfonamides is 1. The van der Waals surface area contributed by atoms with E-state index in [1.165, 1.54) is 19.9 Å². The van der Waals surface area contributed by atoms with Gasteiger partial charge in [0.2, 0.25) is 10.0 Å². The van der Waals surface area contributed by atoms with Crippen LogP contribution in [0.3, 0.4) is 0 Å². The third-order valence-corrected chi connectivity index (χ3v) is 4.62. The molecule has 0 bridgehead atoms. The van der Waals surface area contributed by atoms with E-state index in [1.807, 2.05) is 0 Å². The van der Waals surface area contributed by atoms with E-state index in [2.05, 4.69) is 10.0 Å². The lowest BCUT2D eigenvalue weighted by atomic mass is 10.2. The van der Waals surface area contributed by atoms with Crippen LogP contribution in [0.4, 0.5) is 0 Å². The molecule has 96 valence electrons. The highest BCUT2D eigenvalue weighted by Gasteiger charge is 2.27. The zero-order valence-electron chi connectivity index (χ0n) is 10.3. The molecule has 1 aliphatic rings. The molecule has 1 aromatic heterocycles. The minimum atomic E-state index is -3.45. The van der Waals surface area contributed by atoms with Crippen molar-refractivity contribution in [2.45, 2.75) is 44.2 Å². The molecule has 0 radical (unpaired) electrons. The molecule has 1 aliphatic carbocycles. The Morgan fingerprint density at radius 2 is 1.94 bits per heavy atom. The first-order valence-electron chi connectivity index (χ1n) is 5.71. The Morgan fingerprint density at radius 1 is 1.29 bits per heavy atom. The molecule has 0 amide bonds. The van der Waals surface area contributed by atoms with Gasteiger partial charge in [0.1, 0.15) is 16.4 Å². The monoisotopic (exact) mass is 258 g/mol. The minimum absolute atomic E-state index is 0.283. The molecule has 2 N–H and O–H groups in total. The number of nitrogens with one attached hydrogen (secondary N) is 2. The van der Waals surface area contributed by atoms with Crippen molar-refractivity contribution in [1.29, 1.82) is 0 Å². The van der Waals surface area contributed by atoms with E-state index in [1.54, 1.807) is 13.8 Å². The van der Waals surface area contributed by atoms with Crippen molar-refractivity contribution in [1.82, 2.24) is 10.0 Å². The molecule has 1 heterocycles. The molecule has 0 unspecified atom stereocenters. The Labute approximate surface area is 102 Å². The van der Waals surface area contributed by atoms with Crippen LogP contribution in [0.25, 0.3) is 0 Å². The summed E-state index contributed by atoms with van der Waals surface area (Å²) in [5.41, 5.74) is 0.740. The van der Waals surface area contributed by atoms with E-state index in [-0.39, 0.29) is 4.90 Å². The van der Waals surface area contributed by atoms with E-state index < -0.39 is 10.0 Å². The van der Waals surface area contributed by atoms with E-state index in [4.69, 9.17) is 4.42 Å². The standard InChI is InChI=1S/C11H18N2O3S/c1-7-10(6-13-9-4-5-9)11(8(2)16-7)17(14,15)12-3/h9,12-13H,4-6H2,1-3H3. The Balaban J connectivity index is 2.34. The van der Waals surface area contributed by atoms with E-state index >= 15 is 0 Å². The summed E-state index contributed by atoms with van der Waals surface area (Å²) in [7, 11) is -2.04. The summed E-state index contributed by atoms with van der Waals surface area (Å²) >= 11 is 0. The van der Waals surface area contributed by atoms with Crippen molar-refractivity contribution in [3.8, 4) is 0 Å². The summed E-state index contributed by atoms with van der Waals surface area (Å²) in [6, 6.07) is 0.537. The Bertz CT molecular complexity index is 515. The van der Waals surface area contributed by atoms with Crippen molar-refractivity contribution in [3.63, 3.8) is 0 Å². The average Bonchev–Trinajstić information content (AvgIpc) is 3.02. The lowest BCUT2D eigenvalue weighted by molar-refractivity contribution is 0.493. The fraction of sp³-hybridized carbons (Fsp3) is 0.636. The highest BCUT2D eigenvalue weighted by atomic mass is 32.2. The first kappa shape index (κ1) is 12.6. The third kappa shape index (κ3) is 2.53. The van der Waals surface area contributed by atoms with Gasteiger partial charge in [-0.1, -0.05) is 0 Å². The van der Waals surface area contributed by atoms with Gasteiger partial charge in [-0.2, -0.15) is 0 Å². The van der Waals surface area contributed by atoms with Crippen LogP contribution in [0.5, 0.6) is 0 Å². The van der Waals surface area contributed by atoms with Crippen LogP contribution in [0.1, 0.15) is 29.9 Å². The molecule has 2 rings (SSSR count). The highest BCUT2D eigenvalue weighted by Crippen LogP contribution is 2.27. The van der Waals surface area contributed by atoms with Crippen molar-refractivity contribution in [2.24, 2.45) is 0 Å². The normalized spacial score (nSPS) is 16.4. The van der Waals surface area contributed by atoms with E-state index in [0.717, 1.165) is 5.56 Å². The molecular weight excluding hydrogens is 240 g/mol. The van der Waals surface area contributed by atoms with Gasteiger partial charge in [0.15, 0.2) is 0 Å². The summed E-state index contributed by atoms with van der Waals surface area (Å²) in [6.07, 6.45) is 2.34. The quantitative estimate of drug-likeness (QED) is 0.828. The Hall–Kier alpha value is -0.850. The van der Waals surface area contributed by atoms with Crippen molar-refractivity contribution < 1.29 is 12.8 Å². The molecule has 0 spiro atoms. The number of hydrogen-bond donors (Lipinski definition) is 2. The van der Waals surface area contributed by atoms with Crippen molar-refractivity contribution >= 4 is 10.0 Å². The second-order valence-electron chi connectivity index (χ2n) is 4.38. The summed E-state index contributed by atoms with van der Waals surface area (Å²) in [5.74, 6) is 1.12. The van der Waals surface area contributed by atoms with E-state index in [9.17, 15) is 8.42 Å². The molecular formula is C11H18N2O3S. The van der Waals surface area contributed by atoms with Gasteiger partial charge in [-0.15, -0.1) is 0 Å². The largest absolute Gasteiger partial charge is 0.465 e. The van der Waals surface area contributed by atoms with Crippen LogP contribution in [-0.2, 0) is 16.6 Å². The predicted molar refractivity (Wildman–Crippen MR) is 64.3 cm³/mol. The lowest BCUT2D eigenvalue weighted by Crippen LogP contribution is -2.23. The molecule has 6 heteroatoms. The SMILES string of the molecule is CNS(=O)(=O)c1c(C)oc(C)c1CNC1CC1. The molecule has 0 saturated heterocycles. The lowest BCUT2D eigenvalue weighted by Gasteiger charge is -2.06. The maximum absolute atomic E-state index is 11.9. The number of furan rings is 1. The van der Waals surface area contributed by atoms with Gasteiger partial charge in [0.25, 0.3) is 0 Å². The van der Waals surface area contributed by atoms with Crippen LogP contribution < -0.4 is 10.0 Å². The van der Waals surface area contributed by atoms with Gasteiger partial charge in [-0.25, -0.2) is 13.1 Å². The van der Waals surface area contributed by atoms with Gasteiger partial charge in [-0.05, 0) is 33.7 Å². The van der Waals surface area contributed by atoms with Gasteiger partial charge >= 0.3 is 0 Å². The van der Waals surface area contributed by atoms with Crippen LogP contribution >= 0.6 is 0 Å². The summed E-state index contributed by atoms with van der Waals surface area (Å²) in [6.45, 7) is 4.02. The van der Waals surface area contributed by atoms with Crippen LogP contribution in [0.15, 0.2) is 9.31 Å². The number of aryl methyl sites for hydroxylation is 2. The smallest absolute Gasteiger partial charge is 0.244 e. The maximum Gasteiger partial charge on any atom is 0.244 e. The Kier molecular flexibility index (Phi) is 3.29. The van der Waals surface area contributed by atoms with Crippen molar-refractivity contribution in [3.05, 3.63) is 17.1 Å².